The van der Waals surface area contributed by atoms with Gasteiger partial charge in [-0.1, -0.05) is 42.8 Å². The van der Waals surface area contributed by atoms with Crippen molar-refractivity contribution in [3.8, 4) is 11.5 Å². The van der Waals surface area contributed by atoms with Crippen molar-refractivity contribution in [2.45, 2.75) is 64.1 Å². The molecule has 11 heteroatoms. The number of ether oxygens (including phenoxy) is 2. The first-order chi connectivity index (χ1) is 20.2. The van der Waals surface area contributed by atoms with E-state index in [9.17, 15) is 18.0 Å². The molecule has 3 rings (SSSR count). The molecule has 0 heterocycles. The third-order valence-electron chi connectivity index (χ3n) is 6.82. The maximum Gasteiger partial charge on any atom is 0.264 e. The van der Waals surface area contributed by atoms with Crippen molar-refractivity contribution in [3.05, 3.63) is 82.9 Å². The predicted molar refractivity (Wildman–Crippen MR) is 169 cm³/mol. The number of sulfonamides is 1. The molecule has 43 heavy (non-hydrogen) atoms. The molecule has 0 aliphatic carbocycles. The first-order valence-corrected chi connectivity index (χ1v) is 15.7. The molecule has 0 radical (unpaired) electrons. The zero-order chi connectivity index (χ0) is 31.9. The number of methoxy groups -OCH3 is 2. The van der Waals surface area contributed by atoms with Crippen LogP contribution in [0.1, 0.15) is 45.2 Å². The van der Waals surface area contributed by atoms with Gasteiger partial charge in [0.25, 0.3) is 10.0 Å². The van der Waals surface area contributed by atoms with Crippen LogP contribution in [0.2, 0.25) is 5.02 Å². The standard InChI is InChI=1S/C32H40ClN3O6S/c1-8-27(31(38)34-32(3,4)5)35(20-23-12-10-9-11-22(23)2)30(37)21-36(25-15-13-24(33)14-16-25)43(39,40)26-17-18-28(41-6)29(19-26)42-7/h9-19,27H,8,20-21H2,1-7H3,(H,34,38)/t27-/m1/s1. The lowest BCUT2D eigenvalue weighted by molar-refractivity contribution is -0.141. The summed E-state index contributed by atoms with van der Waals surface area (Å²) in [5.41, 5.74) is 1.49. The molecule has 3 aromatic carbocycles. The summed E-state index contributed by atoms with van der Waals surface area (Å²) in [6.07, 6.45) is 0.322. The minimum Gasteiger partial charge on any atom is -0.493 e. The Kier molecular flexibility index (Phi) is 11.1. The number of hydrogen-bond donors (Lipinski definition) is 1. The number of carbonyl (C=O) groups is 2. The van der Waals surface area contributed by atoms with E-state index in [1.807, 2.05) is 58.9 Å². The van der Waals surface area contributed by atoms with Gasteiger partial charge >= 0.3 is 0 Å². The van der Waals surface area contributed by atoms with Crippen LogP contribution in [-0.2, 0) is 26.2 Å². The molecule has 0 aliphatic heterocycles. The largest absolute Gasteiger partial charge is 0.493 e. The van der Waals surface area contributed by atoms with Crippen molar-refractivity contribution in [2.75, 3.05) is 25.1 Å². The molecule has 0 bridgehead atoms. The van der Waals surface area contributed by atoms with Crippen molar-refractivity contribution in [1.29, 1.82) is 0 Å². The fourth-order valence-electron chi connectivity index (χ4n) is 4.58. The number of benzene rings is 3. The highest BCUT2D eigenvalue weighted by molar-refractivity contribution is 7.92. The summed E-state index contributed by atoms with van der Waals surface area (Å²) in [5, 5.41) is 3.38. The molecule has 232 valence electrons. The third-order valence-corrected chi connectivity index (χ3v) is 8.84. The molecule has 3 aromatic rings. The van der Waals surface area contributed by atoms with Crippen LogP contribution in [0.3, 0.4) is 0 Å². The molecule has 9 nitrogen and oxygen atoms in total. The van der Waals surface area contributed by atoms with Crippen LogP contribution in [0.4, 0.5) is 5.69 Å². The Morgan fingerprint density at radius 1 is 0.953 bits per heavy atom. The molecule has 0 aromatic heterocycles. The van der Waals surface area contributed by atoms with Crippen LogP contribution in [0.25, 0.3) is 0 Å². The van der Waals surface area contributed by atoms with Gasteiger partial charge in [-0.05, 0) is 81.6 Å². The van der Waals surface area contributed by atoms with E-state index in [1.54, 1.807) is 12.1 Å². The van der Waals surface area contributed by atoms with Crippen LogP contribution in [0.5, 0.6) is 11.5 Å². The monoisotopic (exact) mass is 629 g/mol. The van der Waals surface area contributed by atoms with Crippen molar-refractivity contribution in [2.24, 2.45) is 0 Å². The number of aryl methyl sites for hydroxylation is 1. The maximum atomic E-state index is 14.3. The maximum absolute atomic E-state index is 14.3. The van der Waals surface area contributed by atoms with E-state index in [-0.39, 0.29) is 28.8 Å². The zero-order valence-corrected chi connectivity index (χ0v) is 27.3. The summed E-state index contributed by atoms with van der Waals surface area (Å²) in [7, 11) is -1.45. The molecule has 0 unspecified atom stereocenters. The van der Waals surface area contributed by atoms with E-state index in [0.717, 1.165) is 15.4 Å². The summed E-state index contributed by atoms with van der Waals surface area (Å²) in [6.45, 7) is 8.89. The Morgan fingerprint density at radius 3 is 2.14 bits per heavy atom. The van der Waals surface area contributed by atoms with Crippen molar-refractivity contribution in [1.82, 2.24) is 10.2 Å². The lowest BCUT2D eigenvalue weighted by atomic mass is 10.0. The van der Waals surface area contributed by atoms with E-state index >= 15 is 0 Å². The topological polar surface area (TPSA) is 105 Å². The van der Waals surface area contributed by atoms with E-state index in [2.05, 4.69) is 5.32 Å². The number of anilines is 1. The van der Waals surface area contributed by atoms with Crippen LogP contribution in [0.15, 0.2) is 71.6 Å². The predicted octanol–water partition coefficient (Wildman–Crippen LogP) is 5.58. The van der Waals surface area contributed by atoms with Crippen molar-refractivity contribution < 1.29 is 27.5 Å². The number of nitrogens with one attached hydrogen (secondary N) is 1. The van der Waals surface area contributed by atoms with Gasteiger partial charge < -0.3 is 19.7 Å². The molecule has 0 saturated carbocycles. The number of nitrogens with zero attached hydrogens (tertiary/aromatic N) is 2. The Hall–Kier alpha value is -3.76. The van der Waals surface area contributed by atoms with Gasteiger partial charge in [0.05, 0.1) is 24.8 Å². The van der Waals surface area contributed by atoms with Crippen LogP contribution >= 0.6 is 11.6 Å². The van der Waals surface area contributed by atoms with Gasteiger partial charge in [0.1, 0.15) is 12.6 Å². The Morgan fingerprint density at radius 2 is 1.58 bits per heavy atom. The number of carbonyl (C=O) groups excluding carboxylic acids is 2. The number of hydrogen-bond acceptors (Lipinski definition) is 6. The Balaban J connectivity index is 2.12. The molecule has 0 spiro atoms. The van der Waals surface area contributed by atoms with Crippen molar-refractivity contribution >= 4 is 39.1 Å². The fraction of sp³-hybridized carbons (Fsp3) is 0.375. The Labute approximate surface area is 259 Å². The van der Waals surface area contributed by atoms with E-state index in [1.165, 1.54) is 49.5 Å². The average Bonchev–Trinajstić information content (AvgIpc) is 2.95. The highest BCUT2D eigenvalue weighted by atomic mass is 35.5. The van der Waals surface area contributed by atoms with E-state index in [4.69, 9.17) is 21.1 Å². The van der Waals surface area contributed by atoms with Gasteiger partial charge in [0.2, 0.25) is 11.8 Å². The molecular weight excluding hydrogens is 590 g/mol. The normalized spacial score (nSPS) is 12.3. The second-order valence-electron chi connectivity index (χ2n) is 11.1. The molecule has 0 saturated heterocycles. The van der Waals surface area contributed by atoms with Crippen LogP contribution < -0.4 is 19.1 Å². The summed E-state index contributed by atoms with van der Waals surface area (Å²) in [5.74, 6) is -0.288. The lowest BCUT2D eigenvalue weighted by Gasteiger charge is -2.35. The van der Waals surface area contributed by atoms with Crippen LogP contribution in [0, 0.1) is 6.92 Å². The highest BCUT2D eigenvalue weighted by Gasteiger charge is 2.35. The molecule has 0 fully saturated rings. The van der Waals surface area contributed by atoms with Crippen molar-refractivity contribution in [3.63, 3.8) is 0 Å². The zero-order valence-electron chi connectivity index (χ0n) is 25.7. The smallest absolute Gasteiger partial charge is 0.264 e. The molecule has 1 N–H and O–H groups in total. The average molecular weight is 630 g/mol. The van der Waals surface area contributed by atoms with E-state index in [0.29, 0.717) is 17.2 Å². The molecule has 2 amide bonds. The fourth-order valence-corrected chi connectivity index (χ4v) is 6.14. The minimum absolute atomic E-state index is 0.101. The summed E-state index contributed by atoms with van der Waals surface area (Å²) >= 11 is 6.11. The highest BCUT2D eigenvalue weighted by Crippen LogP contribution is 2.33. The van der Waals surface area contributed by atoms with Gasteiger partial charge in [-0.25, -0.2) is 8.42 Å². The summed E-state index contributed by atoms with van der Waals surface area (Å²) in [4.78, 5) is 29.1. The first-order valence-electron chi connectivity index (χ1n) is 13.9. The second kappa shape index (κ2) is 14.1. The third kappa shape index (κ3) is 8.42. The van der Waals surface area contributed by atoms with Gasteiger partial charge in [0.15, 0.2) is 11.5 Å². The summed E-state index contributed by atoms with van der Waals surface area (Å²) < 4.78 is 40.0. The van der Waals surface area contributed by atoms with Gasteiger partial charge in [-0.15, -0.1) is 0 Å². The van der Waals surface area contributed by atoms with Crippen LogP contribution in [-0.4, -0.2) is 57.5 Å². The van der Waals surface area contributed by atoms with Gasteiger partial charge in [0, 0.05) is 23.2 Å². The summed E-state index contributed by atoms with van der Waals surface area (Å²) in [6, 6.07) is 17.1. The molecular formula is C32H40ClN3O6S. The van der Waals surface area contributed by atoms with Gasteiger partial charge in [-0.2, -0.15) is 0 Å². The minimum atomic E-state index is -4.31. The molecule has 0 aliphatic rings. The quantitative estimate of drug-likeness (QED) is 0.280. The second-order valence-corrected chi connectivity index (χ2v) is 13.4. The van der Waals surface area contributed by atoms with Gasteiger partial charge in [-0.3, -0.25) is 13.9 Å². The number of rotatable bonds is 12. The number of halogens is 1. The van der Waals surface area contributed by atoms with E-state index < -0.39 is 34.1 Å². The Bertz CT molecular complexity index is 1540. The molecule has 1 atom stereocenters. The number of amides is 2. The SMILES string of the molecule is CC[C@H](C(=O)NC(C)(C)C)N(Cc1ccccc1C)C(=O)CN(c1ccc(Cl)cc1)S(=O)(=O)c1ccc(OC)c(OC)c1. The first kappa shape index (κ1) is 33.7. The lowest BCUT2D eigenvalue weighted by Crippen LogP contribution is -2.55.